The summed E-state index contributed by atoms with van der Waals surface area (Å²) in [6, 6.07) is 0. The second-order valence-electron chi connectivity index (χ2n) is 2.30. The van der Waals surface area contributed by atoms with Gasteiger partial charge in [-0.05, 0) is 24.2 Å². The molecule has 0 spiro atoms. The Labute approximate surface area is 71.1 Å². The Hall–Kier alpha value is 0.500. The largest absolute Gasteiger partial charge is 0.389 e. The molecule has 0 aliphatic carbocycles. The number of hydrogen-bond acceptors (Lipinski definition) is 4. The Morgan fingerprint density at radius 2 is 2.09 bits per heavy atom. The second-order valence-corrected chi connectivity index (χ2v) is 6.49. The standard InChI is InChI=1S/C6H13O3PS/c1-2-6-11-10(7)8-4-3-5-9-10/h2-6H2,1H3. The fourth-order valence-corrected chi connectivity index (χ4v) is 4.17. The summed E-state index contributed by atoms with van der Waals surface area (Å²) in [6.45, 7) is 0.486. The Balaban J connectivity index is 2.32. The Kier molecular flexibility index (Phi) is 3.93. The van der Waals surface area contributed by atoms with Gasteiger partial charge in [-0.25, -0.2) is 4.57 Å². The van der Waals surface area contributed by atoms with Gasteiger partial charge in [0, 0.05) is 5.75 Å². The van der Waals surface area contributed by atoms with Gasteiger partial charge in [0.25, 0.3) is 0 Å². The maximum atomic E-state index is 11.5. The summed E-state index contributed by atoms with van der Waals surface area (Å²) < 4.78 is 21.6. The molecule has 0 aromatic rings. The zero-order chi connectivity index (χ0) is 8.16. The summed E-state index contributed by atoms with van der Waals surface area (Å²) >= 11 is 1.31. The van der Waals surface area contributed by atoms with Crippen molar-refractivity contribution in [2.75, 3.05) is 19.0 Å². The van der Waals surface area contributed by atoms with E-state index in [0.29, 0.717) is 13.2 Å². The molecule has 1 rings (SSSR count). The van der Waals surface area contributed by atoms with Crippen LogP contribution in [0.5, 0.6) is 0 Å². The van der Waals surface area contributed by atoms with Crippen molar-refractivity contribution < 1.29 is 13.6 Å². The first kappa shape index (κ1) is 9.59. The molecule has 0 bridgehead atoms. The molecule has 0 radical (unpaired) electrons. The van der Waals surface area contributed by atoms with E-state index in [2.05, 4.69) is 0 Å². The average Bonchev–Trinajstić information content (AvgIpc) is 2.03. The molecule has 1 aliphatic heterocycles. The molecule has 0 unspecified atom stereocenters. The highest BCUT2D eigenvalue weighted by atomic mass is 32.7. The van der Waals surface area contributed by atoms with Crippen molar-refractivity contribution in [3.8, 4) is 0 Å². The van der Waals surface area contributed by atoms with Crippen molar-refractivity contribution in [1.82, 2.24) is 0 Å². The van der Waals surface area contributed by atoms with Crippen molar-refractivity contribution in [2.24, 2.45) is 0 Å². The minimum Gasteiger partial charge on any atom is -0.301 e. The first-order valence-corrected chi connectivity index (χ1v) is 6.94. The molecular weight excluding hydrogens is 183 g/mol. The molecule has 3 nitrogen and oxygen atoms in total. The summed E-state index contributed by atoms with van der Waals surface area (Å²) in [4.78, 5) is 0. The second kappa shape index (κ2) is 4.51. The maximum absolute atomic E-state index is 11.5. The first-order valence-electron chi connectivity index (χ1n) is 3.80. The van der Waals surface area contributed by atoms with Gasteiger partial charge in [0.05, 0.1) is 13.2 Å². The molecule has 11 heavy (non-hydrogen) atoms. The van der Waals surface area contributed by atoms with E-state index in [4.69, 9.17) is 9.05 Å². The molecule has 5 heteroatoms. The number of rotatable bonds is 3. The fourth-order valence-electron chi connectivity index (χ4n) is 0.727. The van der Waals surface area contributed by atoms with Gasteiger partial charge < -0.3 is 9.05 Å². The summed E-state index contributed by atoms with van der Waals surface area (Å²) in [5.41, 5.74) is 0. The molecule has 0 N–H and O–H groups in total. The quantitative estimate of drug-likeness (QED) is 0.650. The van der Waals surface area contributed by atoms with E-state index in [9.17, 15) is 4.57 Å². The predicted molar refractivity (Wildman–Crippen MR) is 46.9 cm³/mol. The van der Waals surface area contributed by atoms with Crippen molar-refractivity contribution in [1.29, 1.82) is 0 Å². The Morgan fingerprint density at radius 3 is 2.64 bits per heavy atom. The Bertz CT molecular complexity index is 152. The third-order valence-electron chi connectivity index (χ3n) is 1.24. The van der Waals surface area contributed by atoms with Crippen LogP contribution in [0, 0.1) is 0 Å². The highest BCUT2D eigenvalue weighted by Gasteiger charge is 2.27. The number of hydrogen-bond donors (Lipinski definition) is 0. The average molecular weight is 196 g/mol. The lowest BCUT2D eigenvalue weighted by atomic mass is 10.5. The molecule has 1 heterocycles. The topological polar surface area (TPSA) is 35.5 Å². The highest BCUT2D eigenvalue weighted by molar-refractivity contribution is 8.55. The smallest absolute Gasteiger partial charge is 0.301 e. The molecule has 0 atom stereocenters. The summed E-state index contributed by atoms with van der Waals surface area (Å²) in [5, 5.41) is 0. The van der Waals surface area contributed by atoms with Gasteiger partial charge in [-0.3, -0.25) is 0 Å². The molecule has 0 saturated carbocycles. The van der Waals surface area contributed by atoms with Gasteiger partial charge in [0.15, 0.2) is 0 Å². The molecule has 0 amide bonds. The molecule has 1 aliphatic rings. The normalized spacial score (nSPS) is 23.4. The van der Waals surface area contributed by atoms with Crippen LogP contribution in [-0.2, 0) is 13.6 Å². The van der Waals surface area contributed by atoms with Crippen LogP contribution in [0.4, 0.5) is 0 Å². The molecule has 1 fully saturated rings. The lowest BCUT2D eigenvalue weighted by Crippen LogP contribution is -2.06. The molecule has 66 valence electrons. The van der Waals surface area contributed by atoms with E-state index in [1.54, 1.807) is 0 Å². The molecule has 1 saturated heterocycles. The van der Waals surface area contributed by atoms with Crippen molar-refractivity contribution >= 4 is 18.2 Å². The van der Waals surface area contributed by atoms with Crippen LogP contribution in [0.1, 0.15) is 19.8 Å². The minimum absolute atomic E-state index is 0.577. The van der Waals surface area contributed by atoms with Crippen molar-refractivity contribution in [3.05, 3.63) is 0 Å². The van der Waals surface area contributed by atoms with Gasteiger partial charge in [0.1, 0.15) is 0 Å². The summed E-state index contributed by atoms with van der Waals surface area (Å²) in [5.74, 6) is 0.845. The van der Waals surface area contributed by atoms with E-state index < -0.39 is 6.80 Å². The van der Waals surface area contributed by atoms with Gasteiger partial charge >= 0.3 is 6.80 Å². The van der Waals surface area contributed by atoms with Gasteiger partial charge in [-0.1, -0.05) is 6.92 Å². The van der Waals surface area contributed by atoms with E-state index in [1.165, 1.54) is 11.4 Å². The van der Waals surface area contributed by atoms with E-state index in [1.807, 2.05) is 6.92 Å². The van der Waals surface area contributed by atoms with E-state index in [0.717, 1.165) is 18.6 Å². The van der Waals surface area contributed by atoms with Gasteiger partial charge in [-0.15, -0.1) is 0 Å². The summed E-state index contributed by atoms with van der Waals surface area (Å²) in [7, 11) is 0. The van der Waals surface area contributed by atoms with Crippen molar-refractivity contribution in [2.45, 2.75) is 19.8 Å². The molecular formula is C6H13O3PS. The Morgan fingerprint density at radius 1 is 1.45 bits per heavy atom. The van der Waals surface area contributed by atoms with Crippen LogP contribution >= 0.6 is 18.2 Å². The highest BCUT2D eigenvalue weighted by Crippen LogP contribution is 2.62. The molecule has 0 aromatic carbocycles. The van der Waals surface area contributed by atoms with Crippen molar-refractivity contribution in [3.63, 3.8) is 0 Å². The van der Waals surface area contributed by atoms with E-state index in [-0.39, 0.29) is 0 Å². The van der Waals surface area contributed by atoms with Crippen LogP contribution in [-0.4, -0.2) is 19.0 Å². The predicted octanol–water partition coefficient (Wildman–Crippen LogP) is 2.67. The van der Waals surface area contributed by atoms with Crippen LogP contribution in [0.3, 0.4) is 0 Å². The fraction of sp³-hybridized carbons (Fsp3) is 1.00. The zero-order valence-corrected chi connectivity index (χ0v) is 8.33. The third-order valence-corrected chi connectivity index (χ3v) is 5.27. The lowest BCUT2D eigenvalue weighted by Gasteiger charge is -2.21. The van der Waals surface area contributed by atoms with Crippen LogP contribution < -0.4 is 0 Å². The minimum atomic E-state index is -2.71. The first-order chi connectivity index (χ1) is 5.27. The van der Waals surface area contributed by atoms with Gasteiger partial charge in [0.2, 0.25) is 0 Å². The van der Waals surface area contributed by atoms with Crippen LogP contribution in [0.25, 0.3) is 0 Å². The zero-order valence-electron chi connectivity index (χ0n) is 6.62. The van der Waals surface area contributed by atoms with Crippen LogP contribution in [0.15, 0.2) is 0 Å². The van der Waals surface area contributed by atoms with E-state index >= 15 is 0 Å². The third kappa shape index (κ3) is 3.16. The van der Waals surface area contributed by atoms with Crippen LogP contribution in [0.2, 0.25) is 0 Å². The monoisotopic (exact) mass is 196 g/mol. The maximum Gasteiger partial charge on any atom is 0.389 e. The molecule has 0 aromatic heterocycles. The SMILES string of the molecule is CCCSP1(=O)OCCCO1. The summed E-state index contributed by atoms with van der Waals surface area (Å²) in [6.07, 6.45) is 1.86. The van der Waals surface area contributed by atoms with Gasteiger partial charge in [-0.2, -0.15) is 0 Å². The lowest BCUT2D eigenvalue weighted by molar-refractivity contribution is 0.160.